The Bertz CT molecular complexity index is 206. The van der Waals surface area contributed by atoms with Crippen molar-refractivity contribution in [3.8, 4) is 0 Å². The van der Waals surface area contributed by atoms with Crippen molar-refractivity contribution in [3.63, 3.8) is 0 Å². The molecule has 0 aromatic heterocycles. The van der Waals surface area contributed by atoms with Gasteiger partial charge in [0.05, 0.1) is 24.4 Å². The molecule has 1 aliphatic carbocycles. The van der Waals surface area contributed by atoms with Crippen molar-refractivity contribution in [2.45, 2.75) is 78.4 Å². The van der Waals surface area contributed by atoms with Gasteiger partial charge < -0.3 is 9.47 Å². The second-order valence-electron chi connectivity index (χ2n) is 7.51. The lowest BCUT2D eigenvalue weighted by molar-refractivity contribution is -0.105. The van der Waals surface area contributed by atoms with Crippen LogP contribution in [-0.4, -0.2) is 24.4 Å². The van der Waals surface area contributed by atoms with E-state index >= 15 is 0 Å². The van der Waals surface area contributed by atoms with Crippen LogP contribution in [0.25, 0.3) is 0 Å². The molecule has 102 valence electrons. The monoisotopic (exact) mass is 242 g/mol. The summed E-state index contributed by atoms with van der Waals surface area (Å²) in [7, 11) is 0. The lowest BCUT2D eigenvalue weighted by Crippen LogP contribution is -2.36. The van der Waals surface area contributed by atoms with Crippen LogP contribution >= 0.6 is 0 Å². The van der Waals surface area contributed by atoms with Gasteiger partial charge in [0.15, 0.2) is 0 Å². The van der Waals surface area contributed by atoms with Crippen molar-refractivity contribution in [2.24, 2.45) is 5.41 Å². The minimum absolute atomic E-state index is 0.0443. The highest BCUT2D eigenvalue weighted by Crippen LogP contribution is 2.40. The third-order valence-corrected chi connectivity index (χ3v) is 3.29. The third kappa shape index (κ3) is 5.87. The standard InChI is InChI=1S/C15H30O2/c1-13(2,3)16-11-15(9-7-8-10-15)12-17-14(4,5)6/h7-12H2,1-6H3. The van der Waals surface area contributed by atoms with E-state index in [2.05, 4.69) is 41.5 Å². The Labute approximate surface area is 107 Å². The van der Waals surface area contributed by atoms with Crippen LogP contribution < -0.4 is 0 Å². The molecule has 2 nitrogen and oxygen atoms in total. The van der Waals surface area contributed by atoms with E-state index < -0.39 is 0 Å². The van der Waals surface area contributed by atoms with Crippen molar-refractivity contribution in [1.82, 2.24) is 0 Å². The maximum Gasteiger partial charge on any atom is 0.0598 e. The molecule has 0 aromatic rings. The zero-order valence-corrected chi connectivity index (χ0v) is 12.6. The molecule has 1 rings (SSSR count). The van der Waals surface area contributed by atoms with Crippen LogP contribution in [0.5, 0.6) is 0 Å². The van der Waals surface area contributed by atoms with Gasteiger partial charge in [-0.25, -0.2) is 0 Å². The summed E-state index contributed by atoms with van der Waals surface area (Å²) < 4.78 is 12.0. The first-order chi connectivity index (χ1) is 7.62. The van der Waals surface area contributed by atoms with E-state index in [1.807, 2.05) is 0 Å². The van der Waals surface area contributed by atoms with Crippen LogP contribution in [0, 0.1) is 5.41 Å². The highest BCUT2D eigenvalue weighted by atomic mass is 16.5. The van der Waals surface area contributed by atoms with E-state index in [9.17, 15) is 0 Å². The van der Waals surface area contributed by atoms with E-state index in [1.54, 1.807) is 0 Å². The first kappa shape index (κ1) is 15.0. The second kappa shape index (κ2) is 5.27. The summed E-state index contributed by atoms with van der Waals surface area (Å²) in [4.78, 5) is 0. The van der Waals surface area contributed by atoms with E-state index in [-0.39, 0.29) is 16.6 Å². The van der Waals surface area contributed by atoms with Gasteiger partial charge in [0, 0.05) is 5.41 Å². The van der Waals surface area contributed by atoms with Gasteiger partial charge in [-0.05, 0) is 54.4 Å². The molecular weight excluding hydrogens is 212 g/mol. The highest BCUT2D eigenvalue weighted by Gasteiger charge is 2.36. The molecule has 17 heavy (non-hydrogen) atoms. The summed E-state index contributed by atoms with van der Waals surface area (Å²) in [6.45, 7) is 14.4. The van der Waals surface area contributed by atoms with Gasteiger partial charge in [0.1, 0.15) is 0 Å². The summed E-state index contributed by atoms with van der Waals surface area (Å²) in [6.07, 6.45) is 5.14. The summed E-state index contributed by atoms with van der Waals surface area (Å²) in [5.41, 5.74) is 0.176. The van der Waals surface area contributed by atoms with E-state index in [0.717, 1.165) is 13.2 Å². The summed E-state index contributed by atoms with van der Waals surface area (Å²) in [5.74, 6) is 0. The van der Waals surface area contributed by atoms with Crippen LogP contribution in [0.15, 0.2) is 0 Å². The van der Waals surface area contributed by atoms with Gasteiger partial charge >= 0.3 is 0 Å². The Kier molecular flexibility index (Phi) is 4.65. The third-order valence-electron chi connectivity index (χ3n) is 3.29. The summed E-state index contributed by atoms with van der Waals surface area (Å²) in [6, 6.07) is 0. The number of hydrogen-bond donors (Lipinski definition) is 0. The van der Waals surface area contributed by atoms with Crippen molar-refractivity contribution in [1.29, 1.82) is 0 Å². The quantitative estimate of drug-likeness (QED) is 0.736. The van der Waals surface area contributed by atoms with E-state index in [0.29, 0.717) is 0 Å². The summed E-state index contributed by atoms with van der Waals surface area (Å²) >= 11 is 0. The van der Waals surface area contributed by atoms with Gasteiger partial charge in [-0.2, -0.15) is 0 Å². The maximum atomic E-state index is 6.00. The Balaban J connectivity index is 2.51. The van der Waals surface area contributed by atoms with Crippen LogP contribution in [0.4, 0.5) is 0 Å². The Hall–Kier alpha value is -0.0800. The lowest BCUT2D eigenvalue weighted by atomic mass is 9.87. The average molecular weight is 242 g/mol. The van der Waals surface area contributed by atoms with Gasteiger partial charge in [-0.15, -0.1) is 0 Å². The molecule has 0 amide bonds. The normalized spacial score (nSPS) is 20.8. The lowest BCUT2D eigenvalue weighted by Gasteiger charge is -2.35. The molecule has 1 saturated carbocycles. The fraction of sp³-hybridized carbons (Fsp3) is 1.00. The van der Waals surface area contributed by atoms with Gasteiger partial charge in [-0.3, -0.25) is 0 Å². The summed E-state index contributed by atoms with van der Waals surface area (Å²) in [5, 5.41) is 0. The molecule has 1 aliphatic rings. The van der Waals surface area contributed by atoms with Crippen molar-refractivity contribution in [3.05, 3.63) is 0 Å². The first-order valence-corrected chi connectivity index (χ1v) is 6.90. The Morgan fingerprint density at radius 2 is 1.12 bits per heavy atom. The minimum atomic E-state index is -0.0443. The Morgan fingerprint density at radius 3 is 1.41 bits per heavy atom. The molecule has 0 bridgehead atoms. The molecule has 0 heterocycles. The number of rotatable bonds is 4. The fourth-order valence-electron chi connectivity index (χ4n) is 2.19. The van der Waals surface area contributed by atoms with Crippen molar-refractivity contribution < 1.29 is 9.47 Å². The van der Waals surface area contributed by atoms with Crippen molar-refractivity contribution in [2.75, 3.05) is 13.2 Å². The van der Waals surface area contributed by atoms with Crippen LogP contribution in [-0.2, 0) is 9.47 Å². The average Bonchev–Trinajstić information content (AvgIpc) is 2.59. The fourth-order valence-corrected chi connectivity index (χ4v) is 2.19. The van der Waals surface area contributed by atoms with Crippen LogP contribution in [0.3, 0.4) is 0 Å². The van der Waals surface area contributed by atoms with Gasteiger partial charge in [0.25, 0.3) is 0 Å². The van der Waals surface area contributed by atoms with Gasteiger partial charge in [-0.1, -0.05) is 12.8 Å². The molecule has 0 atom stereocenters. The smallest absolute Gasteiger partial charge is 0.0598 e. The molecule has 0 N–H and O–H groups in total. The molecule has 1 fully saturated rings. The molecule has 2 heteroatoms. The first-order valence-electron chi connectivity index (χ1n) is 6.90. The molecule has 0 aromatic carbocycles. The van der Waals surface area contributed by atoms with Crippen LogP contribution in [0.1, 0.15) is 67.2 Å². The van der Waals surface area contributed by atoms with Gasteiger partial charge in [0.2, 0.25) is 0 Å². The molecule has 0 saturated heterocycles. The zero-order chi connectivity index (χ0) is 13.2. The van der Waals surface area contributed by atoms with E-state index in [1.165, 1.54) is 25.7 Å². The highest BCUT2D eigenvalue weighted by molar-refractivity contribution is 4.86. The molecule has 0 aliphatic heterocycles. The van der Waals surface area contributed by atoms with Crippen LogP contribution in [0.2, 0.25) is 0 Å². The predicted molar refractivity (Wildman–Crippen MR) is 72.3 cm³/mol. The van der Waals surface area contributed by atoms with Crippen molar-refractivity contribution >= 4 is 0 Å². The molecule has 0 radical (unpaired) electrons. The number of ether oxygens (including phenoxy) is 2. The number of hydrogen-bond acceptors (Lipinski definition) is 2. The second-order valence-corrected chi connectivity index (χ2v) is 7.51. The molecule has 0 unspecified atom stereocenters. The maximum absolute atomic E-state index is 6.00. The van der Waals surface area contributed by atoms with E-state index in [4.69, 9.17) is 9.47 Å². The molecular formula is C15H30O2. The zero-order valence-electron chi connectivity index (χ0n) is 12.6. The largest absolute Gasteiger partial charge is 0.375 e. The Morgan fingerprint density at radius 1 is 0.765 bits per heavy atom. The SMILES string of the molecule is CC(C)(C)OCC1(COC(C)(C)C)CCCC1. The minimum Gasteiger partial charge on any atom is -0.375 e. The molecule has 0 spiro atoms. The topological polar surface area (TPSA) is 18.5 Å². The predicted octanol–water partition coefficient (Wildman–Crippen LogP) is 4.18.